The Balaban J connectivity index is 1.49. The number of piperazine rings is 2. The molecule has 2 aliphatic heterocycles. The predicted molar refractivity (Wildman–Crippen MR) is 80.6 cm³/mol. The number of nitrogens with zero attached hydrogens (tertiary/aromatic N) is 2. The van der Waals surface area contributed by atoms with Crippen molar-refractivity contribution < 1.29 is 18.8 Å². The zero-order valence-electron chi connectivity index (χ0n) is 12.8. The fourth-order valence-corrected chi connectivity index (χ4v) is 2.83. The fraction of sp³-hybridized carbons (Fsp3) is 0.533. The van der Waals surface area contributed by atoms with Crippen LogP contribution in [0.25, 0.3) is 0 Å². The molecular weight excluding hydrogens is 300 g/mol. The lowest BCUT2D eigenvalue weighted by Crippen LogP contribution is -2.56. The number of nitrogens with one attached hydrogen (secondary N) is 2. The summed E-state index contributed by atoms with van der Waals surface area (Å²) in [5, 5.41) is 5.79. The minimum absolute atomic E-state index is 0.0651. The topological polar surface area (TPSA) is 94.9 Å². The van der Waals surface area contributed by atoms with Gasteiger partial charge in [0.05, 0.1) is 18.7 Å². The van der Waals surface area contributed by atoms with E-state index < -0.39 is 6.04 Å². The van der Waals surface area contributed by atoms with E-state index in [0.717, 1.165) is 0 Å². The molecule has 8 nitrogen and oxygen atoms in total. The monoisotopic (exact) mass is 320 g/mol. The van der Waals surface area contributed by atoms with Crippen LogP contribution in [-0.2, 0) is 9.59 Å². The van der Waals surface area contributed by atoms with E-state index in [1.165, 1.54) is 6.26 Å². The van der Waals surface area contributed by atoms with Gasteiger partial charge in [-0.05, 0) is 12.1 Å². The summed E-state index contributed by atoms with van der Waals surface area (Å²) in [5.74, 6) is -0.0378. The molecule has 124 valence electrons. The summed E-state index contributed by atoms with van der Waals surface area (Å²) in [7, 11) is 0. The van der Waals surface area contributed by atoms with Gasteiger partial charge in [-0.1, -0.05) is 0 Å². The van der Waals surface area contributed by atoms with Gasteiger partial charge in [0, 0.05) is 39.3 Å². The normalized spacial score (nSPS) is 21.9. The molecule has 1 aromatic rings. The van der Waals surface area contributed by atoms with E-state index in [1.807, 2.05) is 0 Å². The highest BCUT2D eigenvalue weighted by Gasteiger charge is 2.29. The molecule has 1 atom stereocenters. The van der Waals surface area contributed by atoms with Crippen molar-refractivity contribution in [3.63, 3.8) is 0 Å². The Morgan fingerprint density at radius 3 is 2.57 bits per heavy atom. The minimum Gasteiger partial charge on any atom is -0.459 e. The van der Waals surface area contributed by atoms with Crippen molar-refractivity contribution in [3.8, 4) is 0 Å². The summed E-state index contributed by atoms with van der Waals surface area (Å²) < 4.78 is 5.11. The number of carbonyl (C=O) groups is 3. The quantitative estimate of drug-likeness (QED) is 0.748. The lowest BCUT2D eigenvalue weighted by atomic mass is 10.1. The molecule has 2 fully saturated rings. The van der Waals surface area contributed by atoms with E-state index in [9.17, 15) is 14.4 Å². The Kier molecular flexibility index (Phi) is 4.61. The molecule has 0 radical (unpaired) electrons. The van der Waals surface area contributed by atoms with Crippen LogP contribution in [0.4, 0.5) is 0 Å². The van der Waals surface area contributed by atoms with Crippen LogP contribution in [0.2, 0.25) is 0 Å². The van der Waals surface area contributed by atoms with E-state index in [2.05, 4.69) is 10.6 Å². The third kappa shape index (κ3) is 3.53. The Bertz CT molecular complexity index is 578. The molecule has 0 aromatic carbocycles. The summed E-state index contributed by atoms with van der Waals surface area (Å²) >= 11 is 0. The Morgan fingerprint density at radius 2 is 1.91 bits per heavy atom. The van der Waals surface area contributed by atoms with Gasteiger partial charge in [0.25, 0.3) is 5.91 Å². The van der Waals surface area contributed by atoms with E-state index in [4.69, 9.17) is 4.42 Å². The molecule has 3 amide bonds. The average Bonchev–Trinajstić information content (AvgIpc) is 3.11. The summed E-state index contributed by atoms with van der Waals surface area (Å²) in [6.07, 6.45) is 1.62. The first-order valence-corrected chi connectivity index (χ1v) is 7.77. The number of carbonyl (C=O) groups excluding carboxylic acids is 3. The molecule has 2 aliphatic rings. The second-order valence-electron chi connectivity index (χ2n) is 5.65. The largest absolute Gasteiger partial charge is 0.459 e. The van der Waals surface area contributed by atoms with Gasteiger partial charge in [0.15, 0.2) is 5.76 Å². The van der Waals surface area contributed by atoms with Crippen LogP contribution >= 0.6 is 0 Å². The van der Waals surface area contributed by atoms with Crippen molar-refractivity contribution in [2.45, 2.75) is 12.5 Å². The van der Waals surface area contributed by atoms with Crippen molar-refractivity contribution in [1.82, 2.24) is 20.4 Å². The molecule has 0 bridgehead atoms. The highest BCUT2D eigenvalue weighted by Crippen LogP contribution is 2.11. The van der Waals surface area contributed by atoms with Crippen LogP contribution in [0.3, 0.4) is 0 Å². The van der Waals surface area contributed by atoms with E-state index >= 15 is 0 Å². The summed E-state index contributed by atoms with van der Waals surface area (Å²) in [4.78, 5) is 39.5. The van der Waals surface area contributed by atoms with Crippen molar-refractivity contribution in [3.05, 3.63) is 24.2 Å². The van der Waals surface area contributed by atoms with Crippen molar-refractivity contribution in [2.75, 3.05) is 39.3 Å². The molecule has 0 saturated carbocycles. The van der Waals surface area contributed by atoms with Crippen molar-refractivity contribution in [1.29, 1.82) is 0 Å². The fourth-order valence-electron chi connectivity index (χ4n) is 2.83. The van der Waals surface area contributed by atoms with Gasteiger partial charge in [0.2, 0.25) is 11.8 Å². The van der Waals surface area contributed by atoms with Crippen LogP contribution in [0.5, 0.6) is 0 Å². The van der Waals surface area contributed by atoms with Crippen molar-refractivity contribution in [2.24, 2.45) is 0 Å². The molecular formula is C15H20N4O4. The maximum Gasteiger partial charge on any atom is 0.289 e. The summed E-state index contributed by atoms with van der Waals surface area (Å²) in [5.41, 5.74) is 0. The molecule has 0 spiro atoms. The van der Waals surface area contributed by atoms with E-state index in [0.29, 0.717) is 45.0 Å². The van der Waals surface area contributed by atoms with Gasteiger partial charge in [-0.3, -0.25) is 14.4 Å². The maximum atomic E-state index is 12.3. The van der Waals surface area contributed by atoms with Gasteiger partial charge in [-0.2, -0.15) is 0 Å². The van der Waals surface area contributed by atoms with Crippen LogP contribution in [0, 0.1) is 0 Å². The third-order valence-corrected chi connectivity index (χ3v) is 4.16. The number of rotatable bonds is 3. The van der Waals surface area contributed by atoms with E-state index in [-0.39, 0.29) is 24.1 Å². The second kappa shape index (κ2) is 6.82. The van der Waals surface area contributed by atoms with Gasteiger partial charge >= 0.3 is 0 Å². The lowest BCUT2D eigenvalue weighted by Gasteiger charge is -2.35. The number of amides is 3. The minimum atomic E-state index is -0.459. The van der Waals surface area contributed by atoms with E-state index in [1.54, 1.807) is 21.9 Å². The summed E-state index contributed by atoms with van der Waals surface area (Å²) in [6.45, 7) is 3.15. The zero-order chi connectivity index (χ0) is 16.2. The predicted octanol–water partition coefficient (Wildman–Crippen LogP) is -0.958. The smallest absolute Gasteiger partial charge is 0.289 e. The van der Waals surface area contributed by atoms with Crippen LogP contribution < -0.4 is 10.6 Å². The third-order valence-electron chi connectivity index (χ3n) is 4.16. The molecule has 3 rings (SSSR count). The Hall–Kier alpha value is -2.35. The molecule has 3 heterocycles. The molecule has 0 aliphatic carbocycles. The molecule has 1 aromatic heterocycles. The SMILES string of the molecule is O=C1NCCNC1CC(=O)N1CCN(C(=O)c2ccco2)CC1. The van der Waals surface area contributed by atoms with Crippen LogP contribution in [0.15, 0.2) is 22.8 Å². The number of hydrogen-bond acceptors (Lipinski definition) is 5. The highest BCUT2D eigenvalue weighted by molar-refractivity contribution is 5.92. The number of hydrogen-bond donors (Lipinski definition) is 2. The van der Waals surface area contributed by atoms with Crippen LogP contribution in [-0.4, -0.2) is 72.8 Å². The standard InChI is InChI=1S/C15H20N4O4/c20-13(10-11-14(21)17-4-3-16-11)18-5-7-19(8-6-18)15(22)12-2-1-9-23-12/h1-2,9,11,16H,3-8,10H2,(H,17,21). The number of furan rings is 1. The zero-order valence-corrected chi connectivity index (χ0v) is 12.8. The molecule has 8 heteroatoms. The summed E-state index contributed by atoms with van der Waals surface area (Å²) in [6, 6.07) is 2.85. The van der Waals surface area contributed by atoms with Crippen LogP contribution in [0.1, 0.15) is 17.0 Å². The van der Waals surface area contributed by atoms with Gasteiger partial charge < -0.3 is 24.9 Å². The first-order valence-electron chi connectivity index (χ1n) is 7.77. The first-order chi connectivity index (χ1) is 11.1. The molecule has 1 unspecified atom stereocenters. The molecule has 2 N–H and O–H groups in total. The Labute approximate surface area is 133 Å². The average molecular weight is 320 g/mol. The van der Waals surface area contributed by atoms with Gasteiger partial charge in [-0.25, -0.2) is 0 Å². The molecule has 2 saturated heterocycles. The second-order valence-corrected chi connectivity index (χ2v) is 5.65. The van der Waals surface area contributed by atoms with Gasteiger partial charge in [0.1, 0.15) is 0 Å². The van der Waals surface area contributed by atoms with Crippen molar-refractivity contribution >= 4 is 17.7 Å². The Morgan fingerprint density at radius 1 is 1.17 bits per heavy atom. The first kappa shape index (κ1) is 15.5. The lowest BCUT2D eigenvalue weighted by molar-refractivity contribution is -0.136. The maximum absolute atomic E-state index is 12.3. The molecule has 23 heavy (non-hydrogen) atoms. The highest BCUT2D eigenvalue weighted by atomic mass is 16.3. The van der Waals surface area contributed by atoms with Gasteiger partial charge in [-0.15, -0.1) is 0 Å².